The second-order valence-corrected chi connectivity index (χ2v) is 4.21. The summed E-state index contributed by atoms with van der Waals surface area (Å²) in [6.07, 6.45) is 0.570. The Morgan fingerprint density at radius 2 is 1.79 bits per heavy atom. The fraction of sp³-hybridized carbons (Fsp3) is 0.615. The minimum atomic E-state index is -0.870. The molecular formula is C13H20N2O4. The van der Waals surface area contributed by atoms with Gasteiger partial charge in [-0.05, 0) is 13.8 Å². The highest BCUT2D eigenvalue weighted by Crippen LogP contribution is 2.11. The first kappa shape index (κ1) is 15.5. The summed E-state index contributed by atoms with van der Waals surface area (Å²) in [5.41, 5.74) is 2.14. The van der Waals surface area contributed by atoms with Crippen molar-refractivity contribution in [2.75, 3.05) is 26.9 Å². The molecule has 1 heterocycles. The van der Waals surface area contributed by atoms with Gasteiger partial charge in [0, 0.05) is 30.5 Å². The van der Waals surface area contributed by atoms with E-state index in [1.165, 1.54) is 0 Å². The number of aromatic nitrogens is 2. The molecular weight excluding hydrogens is 248 g/mol. The third kappa shape index (κ3) is 5.32. The molecule has 0 fully saturated rings. The standard InChI is InChI=1S/C13H20N2O4/c1-9-11(8-13(16)17)10(2)15-12(14-9)4-5-19-7-6-18-3/h4-8H2,1-3H3,(H,16,17). The van der Waals surface area contributed by atoms with Crippen molar-refractivity contribution >= 4 is 5.97 Å². The van der Waals surface area contributed by atoms with E-state index in [1.807, 2.05) is 13.8 Å². The SMILES string of the molecule is COCCOCCc1nc(C)c(CC(=O)O)c(C)n1. The van der Waals surface area contributed by atoms with E-state index < -0.39 is 5.97 Å². The van der Waals surface area contributed by atoms with Gasteiger partial charge in [0.1, 0.15) is 5.82 Å². The molecule has 1 rings (SSSR count). The Bertz CT molecular complexity index is 412. The van der Waals surface area contributed by atoms with Gasteiger partial charge in [0.25, 0.3) is 0 Å². The molecule has 0 bridgehead atoms. The summed E-state index contributed by atoms with van der Waals surface area (Å²) in [5, 5.41) is 8.82. The predicted octanol–water partition coefficient (Wildman–Crippen LogP) is 0.926. The van der Waals surface area contributed by atoms with E-state index in [-0.39, 0.29) is 6.42 Å². The molecule has 6 nitrogen and oxygen atoms in total. The molecule has 0 spiro atoms. The summed E-state index contributed by atoms with van der Waals surface area (Å²) in [4.78, 5) is 19.4. The number of aliphatic carboxylic acids is 1. The van der Waals surface area contributed by atoms with Crippen LogP contribution in [-0.2, 0) is 27.1 Å². The fourth-order valence-corrected chi connectivity index (χ4v) is 1.74. The fourth-order valence-electron chi connectivity index (χ4n) is 1.74. The van der Waals surface area contributed by atoms with Crippen LogP contribution in [0.5, 0.6) is 0 Å². The van der Waals surface area contributed by atoms with Gasteiger partial charge in [-0.3, -0.25) is 4.79 Å². The number of carbonyl (C=O) groups is 1. The topological polar surface area (TPSA) is 81.5 Å². The van der Waals surface area contributed by atoms with Crippen LogP contribution >= 0.6 is 0 Å². The van der Waals surface area contributed by atoms with Crippen molar-refractivity contribution in [2.45, 2.75) is 26.7 Å². The summed E-state index contributed by atoms with van der Waals surface area (Å²) in [7, 11) is 1.63. The zero-order valence-electron chi connectivity index (χ0n) is 11.6. The molecule has 6 heteroatoms. The first-order valence-electron chi connectivity index (χ1n) is 6.16. The number of methoxy groups -OCH3 is 1. The second-order valence-electron chi connectivity index (χ2n) is 4.21. The summed E-state index contributed by atoms with van der Waals surface area (Å²) >= 11 is 0. The smallest absolute Gasteiger partial charge is 0.307 e. The molecule has 0 aliphatic rings. The Balaban J connectivity index is 2.59. The largest absolute Gasteiger partial charge is 0.481 e. The molecule has 0 aliphatic carbocycles. The average molecular weight is 268 g/mol. The number of ether oxygens (including phenoxy) is 2. The van der Waals surface area contributed by atoms with Crippen molar-refractivity contribution in [3.05, 3.63) is 22.8 Å². The minimum absolute atomic E-state index is 0.0394. The van der Waals surface area contributed by atoms with Crippen LogP contribution in [0.4, 0.5) is 0 Å². The molecule has 1 N–H and O–H groups in total. The molecule has 0 saturated heterocycles. The van der Waals surface area contributed by atoms with Gasteiger partial charge in [0.2, 0.25) is 0 Å². The molecule has 0 aliphatic heterocycles. The molecule has 0 saturated carbocycles. The van der Waals surface area contributed by atoms with E-state index in [1.54, 1.807) is 7.11 Å². The van der Waals surface area contributed by atoms with Crippen LogP contribution in [0.1, 0.15) is 22.8 Å². The van der Waals surface area contributed by atoms with Gasteiger partial charge in [-0.15, -0.1) is 0 Å². The van der Waals surface area contributed by atoms with Gasteiger partial charge in [-0.2, -0.15) is 0 Å². The number of hydrogen-bond donors (Lipinski definition) is 1. The highest BCUT2D eigenvalue weighted by Gasteiger charge is 2.11. The summed E-state index contributed by atoms with van der Waals surface area (Å²) in [5.74, 6) is -0.188. The van der Waals surface area contributed by atoms with Crippen molar-refractivity contribution in [1.82, 2.24) is 9.97 Å². The van der Waals surface area contributed by atoms with Crippen molar-refractivity contribution in [1.29, 1.82) is 0 Å². The van der Waals surface area contributed by atoms with E-state index in [9.17, 15) is 4.79 Å². The lowest BCUT2D eigenvalue weighted by molar-refractivity contribution is -0.136. The highest BCUT2D eigenvalue weighted by molar-refractivity contribution is 5.70. The highest BCUT2D eigenvalue weighted by atomic mass is 16.5. The first-order valence-corrected chi connectivity index (χ1v) is 6.16. The quantitative estimate of drug-likeness (QED) is 0.706. The molecule has 0 unspecified atom stereocenters. The van der Waals surface area contributed by atoms with E-state index in [0.717, 1.165) is 11.4 Å². The summed E-state index contributed by atoms with van der Waals surface area (Å²) in [6.45, 7) is 5.26. The lowest BCUT2D eigenvalue weighted by Gasteiger charge is -2.09. The van der Waals surface area contributed by atoms with Crippen LogP contribution < -0.4 is 0 Å². The lowest BCUT2D eigenvalue weighted by Crippen LogP contribution is -2.12. The Kier molecular flexibility index (Phi) is 6.38. The average Bonchev–Trinajstić information content (AvgIpc) is 2.33. The number of hydrogen-bond acceptors (Lipinski definition) is 5. The molecule has 0 amide bonds. The number of nitrogens with zero attached hydrogens (tertiary/aromatic N) is 2. The van der Waals surface area contributed by atoms with Gasteiger partial charge in [-0.25, -0.2) is 9.97 Å². The minimum Gasteiger partial charge on any atom is -0.481 e. The van der Waals surface area contributed by atoms with Crippen LogP contribution in [-0.4, -0.2) is 48.0 Å². The summed E-state index contributed by atoms with van der Waals surface area (Å²) in [6, 6.07) is 0. The third-order valence-electron chi connectivity index (χ3n) is 2.70. The summed E-state index contributed by atoms with van der Waals surface area (Å²) < 4.78 is 10.2. The van der Waals surface area contributed by atoms with Crippen LogP contribution in [0.25, 0.3) is 0 Å². The van der Waals surface area contributed by atoms with Gasteiger partial charge < -0.3 is 14.6 Å². The Labute approximate surface area is 112 Å². The normalized spacial score (nSPS) is 10.7. The monoisotopic (exact) mass is 268 g/mol. The Morgan fingerprint density at radius 1 is 1.16 bits per heavy atom. The van der Waals surface area contributed by atoms with Crippen LogP contribution in [0.2, 0.25) is 0 Å². The molecule has 0 aromatic carbocycles. The maximum Gasteiger partial charge on any atom is 0.307 e. The van der Waals surface area contributed by atoms with Gasteiger partial charge >= 0.3 is 5.97 Å². The number of rotatable bonds is 8. The first-order chi connectivity index (χ1) is 9.04. The van der Waals surface area contributed by atoms with E-state index >= 15 is 0 Å². The zero-order chi connectivity index (χ0) is 14.3. The number of aryl methyl sites for hydroxylation is 2. The predicted molar refractivity (Wildman–Crippen MR) is 69.2 cm³/mol. The van der Waals surface area contributed by atoms with Crippen molar-refractivity contribution in [2.24, 2.45) is 0 Å². The van der Waals surface area contributed by atoms with Crippen molar-refractivity contribution < 1.29 is 19.4 Å². The van der Waals surface area contributed by atoms with E-state index in [0.29, 0.717) is 37.6 Å². The van der Waals surface area contributed by atoms with E-state index in [2.05, 4.69) is 9.97 Å². The van der Waals surface area contributed by atoms with E-state index in [4.69, 9.17) is 14.6 Å². The number of carboxylic acid groups (broad SMARTS) is 1. The lowest BCUT2D eigenvalue weighted by atomic mass is 10.1. The molecule has 19 heavy (non-hydrogen) atoms. The van der Waals surface area contributed by atoms with Gasteiger partial charge in [-0.1, -0.05) is 0 Å². The van der Waals surface area contributed by atoms with Crippen LogP contribution in [0.15, 0.2) is 0 Å². The molecule has 0 radical (unpaired) electrons. The molecule has 0 atom stereocenters. The van der Waals surface area contributed by atoms with Crippen molar-refractivity contribution in [3.63, 3.8) is 0 Å². The molecule has 1 aromatic rings. The van der Waals surface area contributed by atoms with Crippen LogP contribution in [0.3, 0.4) is 0 Å². The number of carboxylic acids is 1. The van der Waals surface area contributed by atoms with Gasteiger partial charge in [0.15, 0.2) is 0 Å². The maximum atomic E-state index is 10.7. The zero-order valence-corrected chi connectivity index (χ0v) is 11.6. The van der Waals surface area contributed by atoms with Gasteiger partial charge in [0.05, 0.1) is 26.2 Å². The molecule has 106 valence electrons. The Morgan fingerprint density at radius 3 is 2.32 bits per heavy atom. The van der Waals surface area contributed by atoms with Crippen molar-refractivity contribution in [3.8, 4) is 0 Å². The van der Waals surface area contributed by atoms with Crippen LogP contribution in [0, 0.1) is 13.8 Å². The maximum absolute atomic E-state index is 10.7. The molecule has 1 aromatic heterocycles. The second kappa shape index (κ2) is 7.81. The Hall–Kier alpha value is -1.53. The third-order valence-corrected chi connectivity index (χ3v) is 2.70.